The number of nitrogens with zero attached hydrogens (tertiary/aromatic N) is 2. The van der Waals surface area contributed by atoms with Gasteiger partial charge in [0.1, 0.15) is 5.75 Å². The van der Waals surface area contributed by atoms with Crippen LogP contribution in [0.5, 0.6) is 5.75 Å². The van der Waals surface area contributed by atoms with Gasteiger partial charge in [0.05, 0.1) is 18.3 Å². The third-order valence-corrected chi connectivity index (χ3v) is 2.24. The summed E-state index contributed by atoms with van der Waals surface area (Å²) in [6.45, 7) is 1.91. The number of halogens is 1. The number of rotatable bonds is 1. The van der Waals surface area contributed by atoms with Crippen molar-refractivity contribution >= 4 is 22.5 Å². The fraction of sp³-hybridized carbons (Fsp3) is 0.200. The van der Waals surface area contributed by atoms with Crippen molar-refractivity contribution in [1.29, 1.82) is 0 Å². The largest absolute Gasteiger partial charge is 0.497 e. The molecule has 0 atom stereocenters. The van der Waals surface area contributed by atoms with Gasteiger partial charge in [-0.05, 0) is 30.7 Å². The van der Waals surface area contributed by atoms with Crippen molar-refractivity contribution in [2.45, 2.75) is 6.92 Å². The minimum Gasteiger partial charge on any atom is -0.497 e. The van der Waals surface area contributed by atoms with Crippen LogP contribution in [0.4, 0.5) is 0 Å². The number of methoxy groups -OCH3 is 1. The summed E-state index contributed by atoms with van der Waals surface area (Å²) >= 11 is 5.76. The van der Waals surface area contributed by atoms with Gasteiger partial charge in [-0.3, -0.25) is 0 Å². The fourth-order valence-electron chi connectivity index (χ4n) is 1.36. The van der Waals surface area contributed by atoms with E-state index in [4.69, 9.17) is 16.3 Å². The summed E-state index contributed by atoms with van der Waals surface area (Å²) in [5.74, 6) is 0.770. The molecular weight excluding hydrogens is 200 g/mol. The van der Waals surface area contributed by atoms with E-state index in [1.54, 1.807) is 7.11 Å². The standard InChI is InChI=1S/C10H9ClN2O/c1-6-8-4-3-7(14-2)5-9(8)13-10(11)12-6/h3-5H,1-2H3. The predicted octanol–water partition coefficient (Wildman–Crippen LogP) is 2.60. The van der Waals surface area contributed by atoms with E-state index in [2.05, 4.69) is 9.97 Å². The lowest BCUT2D eigenvalue weighted by Gasteiger charge is -2.03. The first-order valence-electron chi connectivity index (χ1n) is 4.18. The van der Waals surface area contributed by atoms with Gasteiger partial charge in [-0.2, -0.15) is 0 Å². The highest BCUT2D eigenvalue weighted by atomic mass is 35.5. The van der Waals surface area contributed by atoms with Gasteiger partial charge in [0.25, 0.3) is 0 Å². The molecule has 2 rings (SSSR count). The van der Waals surface area contributed by atoms with Crippen LogP contribution in [0, 0.1) is 6.92 Å². The Labute approximate surface area is 86.7 Å². The molecule has 0 aliphatic heterocycles. The maximum Gasteiger partial charge on any atom is 0.223 e. The second kappa shape index (κ2) is 3.42. The van der Waals surface area contributed by atoms with Crippen molar-refractivity contribution in [3.63, 3.8) is 0 Å². The fourth-order valence-corrected chi connectivity index (χ4v) is 1.58. The summed E-state index contributed by atoms with van der Waals surface area (Å²) in [7, 11) is 1.62. The molecule has 0 unspecified atom stereocenters. The van der Waals surface area contributed by atoms with Gasteiger partial charge in [-0.1, -0.05) is 0 Å². The van der Waals surface area contributed by atoms with Crippen LogP contribution >= 0.6 is 11.6 Å². The average Bonchev–Trinajstić information content (AvgIpc) is 2.16. The summed E-state index contributed by atoms with van der Waals surface area (Å²) in [6, 6.07) is 5.66. The van der Waals surface area contributed by atoms with Crippen LogP contribution in [0.15, 0.2) is 18.2 Å². The zero-order valence-corrected chi connectivity index (χ0v) is 8.67. The van der Waals surface area contributed by atoms with E-state index in [0.29, 0.717) is 0 Å². The smallest absolute Gasteiger partial charge is 0.223 e. The Morgan fingerprint density at radius 1 is 1.29 bits per heavy atom. The molecule has 0 saturated carbocycles. The Morgan fingerprint density at radius 3 is 2.79 bits per heavy atom. The van der Waals surface area contributed by atoms with Crippen molar-refractivity contribution in [3.8, 4) is 5.75 Å². The second-order valence-corrected chi connectivity index (χ2v) is 3.30. The summed E-state index contributed by atoms with van der Waals surface area (Å²) < 4.78 is 5.10. The molecule has 0 amide bonds. The lowest BCUT2D eigenvalue weighted by atomic mass is 10.2. The lowest BCUT2D eigenvalue weighted by Crippen LogP contribution is -1.91. The van der Waals surface area contributed by atoms with E-state index < -0.39 is 0 Å². The van der Waals surface area contributed by atoms with Gasteiger partial charge in [0, 0.05) is 11.5 Å². The van der Waals surface area contributed by atoms with Crippen LogP contribution in [0.3, 0.4) is 0 Å². The van der Waals surface area contributed by atoms with E-state index in [1.165, 1.54) is 0 Å². The number of benzene rings is 1. The summed E-state index contributed by atoms with van der Waals surface area (Å²) in [5, 5.41) is 1.26. The van der Waals surface area contributed by atoms with Gasteiger partial charge in [0.2, 0.25) is 5.28 Å². The lowest BCUT2D eigenvalue weighted by molar-refractivity contribution is 0.415. The van der Waals surface area contributed by atoms with Crippen molar-refractivity contribution in [1.82, 2.24) is 9.97 Å². The van der Waals surface area contributed by atoms with Crippen LogP contribution < -0.4 is 4.74 Å². The summed E-state index contributed by atoms with van der Waals surface area (Å²) in [5.41, 5.74) is 1.68. The number of hydrogen-bond donors (Lipinski definition) is 0. The molecule has 1 aromatic heterocycles. The second-order valence-electron chi connectivity index (χ2n) is 2.96. The maximum absolute atomic E-state index is 5.76. The molecule has 0 aliphatic rings. The zero-order chi connectivity index (χ0) is 10.1. The van der Waals surface area contributed by atoms with Crippen LogP contribution in [0.1, 0.15) is 5.69 Å². The van der Waals surface area contributed by atoms with Crippen LogP contribution in [-0.4, -0.2) is 17.1 Å². The zero-order valence-electron chi connectivity index (χ0n) is 7.91. The molecule has 2 aromatic rings. The van der Waals surface area contributed by atoms with Crippen molar-refractivity contribution in [2.75, 3.05) is 7.11 Å². The van der Waals surface area contributed by atoms with Gasteiger partial charge in [0.15, 0.2) is 0 Å². The van der Waals surface area contributed by atoms with E-state index in [0.717, 1.165) is 22.3 Å². The molecule has 4 heteroatoms. The van der Waals surface area contributed by atoms with E-state index in [-0.39, 0.29) is 5.28 Å². The Hall–Kier alpha value is -1.35. The normalized spacial score (nSPS) is 10.5. The molecule has 1 heterocycles. The highest BCUT2D eigenvalue weighted by Gasteiger charge is 2.03. The molecule has 0 spiro atoms. The molecule has 0 fully saturated rings. The molecule has 3 nitrogen and oxygen atoms in total. The molecular formula is C10H9ClN2O. The van der Waals surface area contributed by atoms with E-state index in [1.807, 2.05) is 25.1 Å². The van der Waals surface area contributed by atoms with E-state index in [9.17, 15) is 0 Å². The van der Waals surface area contributed by atoms with Crippen LogP contribution in [-0.2, 0) is 0 Å². The molecule has 0 radical (unpaired) electrons. The SMILES string of the molecule is COc1ccc2c(C)nc(Cl)nc2c1. The van der Waals surface area contributed by atoms with Gasteiger partial charge >= 0.3 is 0 Å². The third-order valence-electron chi connectivity index (χ3n) is 2.07. The minimum atomic E-state index is 0.267. The first kappa shape index (κ1) is 9.21. The number of aromatic nitrogens is 2. The van der Waals surface area contributed by atoms with Crippen molar-refractivity contribution < 1.29 is 4.74 Å². The first-order chi connectivity index (χ1) is 6.70. The predicted molar refractivity (Wildman–Crippen MR) is 55.8 cm³/mol. The monoisotopic (exact) mass is 208 g/mol. The molecule has 0 aliphatic carbocycles. The average molecular weight is 209 g/mol. The summed E-state index contributed by atoms with van der Waals surface area (Å²) in [6.07, 6.45) is 0. The topological polar surface area (TPSA) is 35.0 Å². The number of hydrogen-bond acceptors (Lipinski definition) is 3. The van der Waals surface area contributed by atoms with Crippen molar-refractivity contribution in [3.05, 3.63) is 29.2 Å². The summed E-state index contributed by atoms with van der Waals surface area (Å²) in [4.78, 5) is 8.19. The maximum atomic E-state index is 5.76. The highest BCUT2D eigenvalue weighted by Crippen LogP contribution is 2.21. The van der Waals surface area contributed by atoms with Gasteiger partial charge in [-0.15, -0.1) is 0 Å². The van der Waals surface area contributed by atoms with Gasteiger partial charge in [-0.25, -0.2) is 9.97 Å². The number of aryl methyl sites for hydroxylation is 1. The van der Waals surface area contributed by atoms with Gasteiger partial charge < -0.3 is 4.74 Å². The molecule has 0 N–H and O–H groups in total. The third kappa shape index (κ3) is 1.51. The highest BCUT2D eigenvalue weighted by molar-refractivity contribution is 6.28. The Morgan fingerprint density at radius 2 is 2.07 bits per heavy atom. The Kier molecular flexibility index (Phi) is 2.25. The molecule has 0 bridgehead atoms. The minimum absolute atomic E-state index is 0.267. The molecule has 1 aromatic carbocycles. The molecule has 72 valence electrons. The van der Waals surface area contributed by atoms with E-state index >= 15 is 0 Å². The number of ether oxygens (including phenoxy) is 1. The molecule has 0 saturated heterocycles. The van der Waals surface area contributed by atoms with Crippen molar-refractivity contribution in [2.24, 2.45) is 0 Å². The quantitative estimate of drug-likeness (QED) is 0.676. The first-order valence-corrected chi connectivity index (χ1v) is 4.56. The van der Waals surface area contributed by atoms with Crippen LogP contribution in [0.25, 0.3) is 10.9 Å². The number of fused-ring (bicyclic) bond motifs is 1. The Bertz CT molecular complexity index is 485. The molecule has 14 heavy (non-hydrogen) atoms. The Balaban J connectivity index is 2.75. The van der Waals surface area contributed by atoms with Crippen LogP contribution in [0.2, 0.25) is 5.28 Å².